The number of hydrogen-bond donors (Lipinski definition) is 1. The molecule has 3 heteroatoms. The van der Waals surface area contributed by atoms with Crippen molar-refractivity contribution < 1.29 is 8.78 Å². The highest BCUT2D eigenvalue weighted by atomic mass is 19.1. The van der Waals surface area contributed by atoms with Gasteiger partial charge in [-0.25, -0.2) is 8.78 Å². The molecule has 0 heterocycles. The molecule has 0 aliphatic carbocycles. The van der Waals surface area contributed by atoms with Crippen molar-refractivity contribution in [2.24, 2.45) is 5.73 Å². The summed E-state index contributed by atoms with van der Waals surface area (Å²) < 4.78 is 26.6. The van der Waals surface area contributed by atoms with E-state index in [1.807, 2.05) is 25.1 Å². The first-order valence-corrected chi connectivity index (χ1v) is 5.39. The Morgan fingerprint density at radius 2 is 1.71 bits per heavy atom. The van der Waals surface area contributed by atoms with Crippen LogP contribution in [0.1, 0.15) is 18.5 Å². The summed E-state index contributed by atoms with van der Waals surface area (Å²) in [4.78, 5) is 0. The summed E-state index contributed by atoms with van der Waals surface area (Å²) in [6.07, 6.45) is 0. The molecule has 2 aromatic rings. The van der Waals surface area contributed by atoms with E-state index >= 15 is 0 Å². The molecule has 1 nitrogen and oxygen atoms in total. The van der Waals surface area contributed by atoms with Gasteiger partial charge in [-0.05, 0) is 30.2 Å². The van der Waals surface area contributed by atoms with Gasteiger partial charge in [0.2, 0.25) is 0 Å². The van der Waals surface area contributed by atoms with Crippen LogP contribution in [0, 0.1) is 11.6 Å². The Morgan fingerprint density at radius 3 is 2.35 bits per heavy atom. The number of hydrogen-bond acceptors (Lipinski definition) is 1. The lowest BCUT2D eigenvalue weighted by atomic mass is 9.95. The molecule has 0 saturated heterocycles. The third kappa shape index (κ3) is 2.34. The predicted octanol–water partition coefficient (Wildman–Crippen LogP) is 3.65. The molecule has 88 valence electrons. The van der Waals surface area contributed by atoms with Crippen molar-refractivity contribution in [3.8, 4) is 11.1 Å². The standard InChI is InChI=1S/C14H13F2N/c1-9(17)11-4-2-3-5-12(11)13-7-6-10(15)8-14(13)16/h2-9H,17H2,1H3/t9-/m1/s1. The van der Waals surface area contributed by atoms with Crippen LogP contribution < -0.4 is 5.73 Å². The smallest absolute Gasteiger partial charge is 0.133 e. The maximum Gasteiger partial charge on any atom is 0.133 e. The zero-order valence-electron chi connectivity index (χ0n) is 9.45. The van der Waals surface area contributed by atoms with Gasteiger partial charge >= 0.3 is 0 Å². The van der Waals surface area contributed by atoms with Crippen molar-refractivity contribution >= 4 is 0 Å². The molecule has 0 unspecified atom stereocenters. The van der Waals surface area contributed by atoms with Crippen LogP contribution in [0.4, 0.5) is 8.78 Å². The van der Waals surface area contributed by atoms with E-state index in [2.05, 4.69) is 0 Å². The highest BCUT2D eigenvalue weighted by Gasteiger charge is 2.12. The highest BCUT2D eigenvalue weighted by Crippen LogP contribution is 2.29. The normalized spacial score (nSPS) is 12.5. The van der Waals surface area contributed by atoms with Gasteiger partial charge < -0.3 is 5.73 Å². The number of nitrogens with two attached hydrogens (primary N) is 1. The molecule has 0 bridgehead atoms. The van der Waals surface area contributed by atoms with Crippen LogP contribution >= 0.6 is 0 Å². The first-order valence-electron chi connectivity index (χ1n) is 5.39. The van der Waals surface area contributed by atoms with Crippen LogP contribution in [0.3, 0.4) is 0 Å². The predicted molar refractivity (Wildman–Crippen MR) is 64.4 cm³/mol. The molecular weight excluding hydrogens is 220 g/mol. The van der Waals surface area contributed by atoms with Crippen molar-refractivity contribution in [3.05, 3.63) is 59.7 Å². The first kappa shape index (κ1) is 11.7. The summed E-state index contributed by atoms with van der Waals surface area (Å²) >= 11 is 0. The topological polar surface area (TPSA) is 26.0 Å². The maximum absolute atomic E-state index is 13.7. The van der Waals surface area contributed by atoms with E-state index in [1.54, 1.807) is 6.07 Å². The molecule has 0 amide bonds. The van der Waals surface area contributed by atoms with Crippen LogP contribution in [0.25, 0.3) is 11.1 Å². The molecule has 0 aliphatic heterocycles. The minimum atomic E-state index is -0.579. The molecule has 0 spiro atoms. The SMILES string of the molecule is C[C@@H](N)c1ccccc1-c1ccc(F)cc1F. The van der Waals surface area contributed by atoms with E-state index in [-0.39, 0.29) is 6.04 Å². The van der Waals surface area contributed by atoms with Crippen molar-refractivity contribution in [1.29, 1.82) is 0 Å². The van der Waals surface area contributed by atoms with Gasteiger partial charge in [-0.15, -0.1) is 0 Å². The van der Waals surface area contributed by atoms with Crippen molar-refractivity contribution in [2.75, 3.05) is 0 Å². The molecule has 0 fully saturated rings. The Morgan fingerprint density at radius 1 is 1.00 bits per heavy atom. The molecule has 0 aromatic heterocycles. The molecule has 2 N–H and O–H groups in total. The van der Waals surface area contributed by atoms with E-state index in [0.717, 1.165) is 11.6 Å². The van der Waals surface area contributed by atoms with E-state index in [4.69, 9.17) is 5.73 Å². The summed E-state index contributed by atoms with van der Waals surface area (Å²) in [6.45, 7) is 1.83. The minimum Gasteiger partial charge on any atom is -0.324 e. The lowest BCUT2D eigenvalue weighted by Gasteiger charge is -2.13. The molecular formula is C14H13F2N. The van der Waals surface area contributed by atoms with Gasteiger partial charge in [-0.3, -0.25) is 0 Å². The van der Waals surface area contributed by atoms with Gasteiger partial charge in [0.05, 0.1) is 0 Å². The number of benzene rings is 2. The molecule has 0 saturated carbocycles. The second-order valence-corrected chi connectivity index (χ2v) is 4.00. The number of rotatable bonds is 2. The summed E-state index contributed by atoms with van der Waals surface area (Å²) in [6, 6.07) is 10.7. The van der Waals surface area contributed by atoms with E-state index in [0.29, 0.717) is 11.1 Å². The summed E-state index contributed by atoms with van der Waals surface area (Å²) in [7, 11) is 0. The van der Waals surface area contributed by atoms with Crippen LogP contribution in [0.2, 0.25) is 0 Å². The van der Waals surface area contributed by atoms with Gasteiger partial charge in [0.25, 0.3) is 0 Å². The van der Waals surface area contributed by atoms with E-state index in [9.17, 15) is 8.78 Å². The van der Waals surface area contributed by atoms with Gasteiger partial charge in [-0.2, -0.15) is 0 Å². The van der Waals surface area contributed by atoms with Gasteiger partial charge in [0, 0.05) is 17.7 Å². The van der Waals surface area contributed by atoms with E-state index < -0.39 is 11.6 Å². The highest BCUT2D eigenvalue weighted by molar-refractivity contribution is 5.68. The minimum absolute atomic E-state index is 0.198. The van der Waals surface area contributed by atoms with Gasteiger partial charge in [0.15, 0.2) is 0 Å². The Balaban J connectivity index is 2.60. The summed E-state index contributed by atoms with van der Waals surface area (Å²) in [5.74, 6) is -1.15. The summed E-state index contributed by atoms with van der Waals surface area (Å²) in [5.41, 5.74) is 7.76. The molecule has 2 rings (SSSR count). The van der Waals surface area contributed by atoms with Crippen LogP contribution in [0.5, 0.6) is 0 Å². The van der Waals surface area contributed by atoms with Crippen LogP contribution in [0.15, 0.2) is 42.5 Å². The van der Waals surface area contributed by atoms with Gasteiger partial charge in [0.1, 0.15) is 11.6 Å². The maximum atomic E-state index is 13.7. The Kier molecular flexibility index (Phi) is 3.20. The lowest BCUT2D eigenvalue weighted by molar-refractivity contribution is 0.585. The van der Waals surface area contributed by atoms with E-state index in [1.165, 1.54) is 12.1 Å². The Hall–Kier alpha value is -1.74. The van der Waals surface area contributed by atoms with Crippen molar-refractivity contribution in [2.45, 2.75) is 13.0 Å². The summed E-state index contributed by atoms with van der Waals surface area (Å²) in [5, 5.41) is 0. The second-order valence-electron chi connectivity index (χ2n) is 4.00. The molecule has 1 atom stereocenters. The third-order valence-electron chi connectivity index (χ3n) is 2.67. The second kappa shape index (κ2) is 4.63. The fourth-order valence-electron chi connectivity index (χ4n) is 1.85. The Labute approximate surface area is 98.9 Å². The average molecular weight is 233 g/mol. The monoisotopic (exact) mass is 233 g/mol. The fraction of sp³-hybridized carbons (Fsp3) is 0.143. The number of halogens is 2. The zero-order valence-corrected chi connectivity index (χ0v) is 9.45. The van der Waals surface area contributed by atoms with Crippen LogP contribution in [-0.2, 0) is 0 Å². The van der Waals surface area contributed by atoms with Gasteiger partial charge in [-0.1, -0.05) is 24.3 Å². The Bertz CT molecular complexity index is 535. The molecule has 2 aromatic carbocycles. The lowest BCUT2D eigenvalue weighted by Crippen LogP contribution is -2.06. The first-order chi connectivity index (χ1) is 8.09. The third-order valence-corrected chi connectivity index (χ3v) is 2.67. The average Bonchev–Trinajstić information content (AvgIpc) is 2.29. The largest absolute Gasteiger partial charge is 0.324 e. The quantitative estimate of drug-likeness (QED) is 0.841. The zero-order chi connectivity index (χ0) is 12.4. The molecule has 0 aliphatic rings. The molecule has 0 radical (unpaired) electrons. The molecule has 17 heavy (non-hydrogen) atoms. The van der Waals surface area contributed by atoms with Crippen LogP contribution in [-0.4, -0.2) is 0 Å². The van der Waals surface area contributed by atoms with Crippen molar-refractivity contribution in [3.63, 3.8) is 0 Å². The van der Waals surface area contributed by atoms with Crippen molar-refractivity contribution in [1.82, 2.24) is 0 Å². The fourth-order valence-corrected chi connectivity index (χ4v) is 1.85.